The molecule has 51 heavy (non-hydrogen) atoms. The molecule has 2 aliphatic rings. The van der Waals surface area contributed by atoms with Crippen molar-refractivity contribution in [2.24, 2.45) is 0 Å². The fourth-order valence-electron chi connectivity index (χ4n) is 4.08. The lowest BCUT2D eigenvalue weighted by Gasteiger charge is -2.16. The molecule has 1 aliphatic carbocycles. The summed E-state index contributed by atoms with van der Waals surface area (Å²) in [6.07, 6.45) is 10.3. The van der Waals surface area contributed by atoms with Gasteiger partial charge in [-0.05, 0) is 117 Å². The first-order chi connectivity index (χ1) is 23.7. The third-order valence-electron chi connectivity index (χ3n) is 6.11. The fraction of sp³-hybridized carbons (Fsp3) is 0.344. The number of anilines is 1. The van der Waals surface area contributed by atoms with E-state index in [0.717, 1.165) is 12.8 Å². The largest absolute Gasteiger partial charge is 0.778 e. The molecule has 0 radical (unpaired) electrons. The first kappa shape index (κ1) is 46.3. The van der Waals surface area contributed by atoms with Gasteiger partial charge < -0.3 is 29.3 Å². The molecular weight excluding hydrogens is 880 g/mol. The molecule has 0 aromatic heterocycles. The second-order valence-electron chi connectivity index (χ2n) is 10.8. The lowest BCUT2D eigenvalue weighted by molar-refractivity contribution is -0.193. The Morgan fingerprint density at radius 1 is 1.12 bits per heavy atom. The Bertz CT molecular complexity index is 1710. The second kappa shape index (κ2) is 22.4. The third kappa shape index (κ3) is 16.2. The number of benzene rings is 2. The maximum atomic E-state index is 12.7. The van der Waals surface area contributed by atoms with E-state index in [2.05, 4.69) is 50.6 Å². The van der Waals surface area contributed by atoms with Crippen LogP contribution >= 0.6 is 62.7 Å². The highest BCUT2D eigenvalue weighted by molar-refractivity contribution is 9.11. The topological polar surface area (TPSA) is 217 Å². The van der Waals surface area contributed by atoms with E-state index in [0.29, 0.717) is 65.7 Å². The molecule has 0 bridgehead atoms. The van der Waals surface area contributed by atoms with Crippen molar-refractivity contribution in [3.8, 4) is 11.8 Å². The number of nitriles is 1. The van der Waals surface area contributed by atoms with E-state index < -0.39 is 32.4 Å². The number of amides is 2. The van der Waals surface area contributed by atoms with E-state index in [1.165, 1.54) is 11.0 Å². The summed E-state index contributed by atoms with van der Waals surface area (Å²) in [5, 5.41) is 27.9. The minimum absolute atomic E-state index is 0.115. The monoisotopic (exact) mass is 913 g/mol. The van der Waals surface area contributed by atoms with Crippen molar-refractivity contribution in [3.63, 3.8) is 0 Å². The van der Waals surface area contributed by atoms with Gasteiger partial charge in [-0.15, -0.1) is 0 Å². The lowest BCUT2D eigenvalue weighted by atomic mass is 9.93. The Balaban J connectivity index is 0.000000428. The highest BCUT2D eigenvalue weighted by Gasteiger charge is 2.39. The van der Waals surface area contributed by atoms with Crippen LogP contribution < -0.4 is 15.1 Å². The van der Waals surface area contributed by atoms with E-state index in [4.69, 9.17) is 43.2 Å². The summed E-state index contributed by atoms with van der Waals surface area (Å²) in [5.41, 5.74) is 2.54. The quantitative estimate of drug-likeness (QED) is 0.0828. The number of phenols is 1. The Morgan fingerprint density at radius 2 is 1.63 bits per heavy atom. The van der Waals surface area contributed by atoms with Gasteiger partial charge in [-0.1, -0.05) is 23.2 Å². The number of carbonyl (C=O) groups excluding carboxylic acids is 3. The lowest BCUT2D eigenvalue weighted by Crippen LogP contribution is -2.31. The van der Waals surface area contributed by atoms with Gasteiger partial charge in [0.05, 0.1) is 64.5 Å². The van der Waals surface area contributed by atoms with Crippen LogP contribution in [0.2, 0.25) is 5.02 Å². The standard InChI is InChI=1S/C19H17Cl2NO4.C7H3Br2NO.C3H8NO5P.C3H9S/c1-2-26-19(25)16(21)10-11-9-12(7-8-15(11)20)22-17(23)13-5-3-4-6-14(13)18(22)24;8-5-1-4(3-10)2-6(9)7(5)11;5-3(6)1-4-2-10(7,8)9;1-4(2)3/h7-10H,2-6H2,1H3;1-2,11H;4H,1-2H2,(H,5,6)(H2,7,8,9);1-3H3/q;;;+1/p-1/b16-10-;;;. The van der Waals surface area contributed by atoms with Gasteiger partial charge in [0.2, 0.25) is 0 Å². The number of carbonyl (C=O) groups is 4. The van der Waals surface area contributed by atoms with E-state index in [-0.39, 0.29) is 29.2 Å². The first-order valence-corrected chi connectivity index (χ1v) is 21.3. The van der Waals surface area contributed by atoms with Gasteiger partial charge in [0.25, 0.3) is 11.8 Å². The summed E-state index contributed by atoms with van der Waals surface area (Å²) < 4.78 is 15.8. The molecule has 19 heteroatoms. The van der Waals surface area contributed by atoms with Crippen LogP contribution in [0.25, 0.3) is 6.08 Å². The number of phenolic OH excluding ortho intramolecular Hbond substituents is 1. The number of aliphatic carboxylic acids is 1. The normalized spacial score (nSPS) is 14.9. The predicted molar refractivity (Wildman–Crippen MR) is 204 cm³/mol. The van der Waals surface area contributed by atoms with Crippen molar-refractivity contribution in [2.75, 3.05) is 43.1 Å². The summed E-state index contributed by atoms with van der Waals surface area (Å²) in [6.45, 7) is 1.40. The number of nitrogens with one attached hydrogen (secondary N) is 1. The van der Waals surface area contributed by atoms with Gasteiger partial charge in [-0.2, -0.15) is 5.26 Å². The molecule has 1 unspecified atom stereocenters. The number of carboxylic acid groups (broad SMARTS) is 1. The zero-order valence-electron chi connectivity index (χ0n) is 27.9. The van der Waals surface area contributed by atoms with Gasteiger partial charge in [0.15, 0.2) is 0 Å². The number of halogens is 4. The first-order valence-electron chi connectivity index (χ1n) is 14.7. The van der Waals surface area contributed by atoms with Crippen molar-refractivity contribution in [1.82, 2.24) is 5.32 Å². The molecule has 4 N–H and O–H groups in total. The summed E-state index contributed by atoms with van der Waals surface area (Å²) in [5.74, 6) is -2.28. The average molecular weight is 916 g/mol. The second-order valence-corrected chi connectivity index (χ2v) is 17.3. The molecule has 0 fully saturated rings. The van der Waals surface area contributed by atoms with Crippen LogP contribution in [0.4, 0.5) is 5.69 Å². The number of hydrogen-bond acceptors (Lipinski definition) is 10. The Hall–Kier alpha value is -2.71. The zero-order chi connectivity index (χ0) is 39.1. The van der Waals surface area contributed by atoms with E-state index in [1.54, 1.807) is 37.3 Å². The van der Waals surface area contributed by atoms with Crippen molar-refractivity contribution < 1.29 is 48.5 Å². The van der Waals surface area contributed by atoms with E-state index in [1.807, 2.05) is 11.4 Å². The van der Waals surface area contributed by atoms with Crippen LogP contribution in [0.3, 0.4) is 0 Å². The van der Waals surface area contributed by atoms with Crippen LogP contribution in [0.5, 0.6) is 5.75 Å². The molecule has 4 rings (SSSR count). The summed E-state index contributed by atoms with van der Waals surface area (Å²) >= 11 is 18.3. The van der Waals surface area contributed by atoms with Crippen molar-refractivity contribution >= 4 is 109 Å². The molecule has 2 aromatic rings. The maximum absolute atomic E-state index is 12.7. The number of nitrogens with zero attached hydrogens (tertiary/aromatic N) is 2. The number of rotatable bonds is 8. The van der Waals surface area contributed by atoms with Crippen LogP contribution in [0.15, 0.2) is 55.5 Å². The van der Waals surface area contributed by atoms with Crippen LogP contribution in [0, 0.1) is 11.3 Å². The molecule has 1 heterocycles. The fourth-order valence-corrected chi connectivity index (χ4v) is 6.01. The predicted octanol–water partition coefficient (Wildman–Crippen LogP) is 5.67. The minimum atomic E-state index is -4.35. The van der Waals surface area contributed by atoms with Crippen LogP contribution in [0.1, 0.15) is 43.7 Å². The minimum Gasteiger partial charge on any atom is -0.778 e. The highest BCUT2D eigenvalue weighted by Crippen LogP contribution is 2.37. The molecule has 1 aliphatic heterocycles. The number of aromatic hydroxyl groups is 1. The number of carboxylic acids is 1. The van der Waals surface area contributed by atoms with E-state index >= 15 is 0 Å². The molecule has 13 nitrogen and oxygen atoms in total. The number of hydrogen-bond donors (Lipinski definition) is 4. The molecule has 0 saturated carbocycles. The van der Waals surface area contributed by atoms with Gasteiger partial charge in [-0.3, -0.25) is 19.7 Å². The summed E-state index contributed by atoms with van der Waals surface area (Å²) in [6, 6.07) is 9.81. The number of esters is 1. The molecule has 1 atom stereocenters. The number of ether oxygens (including phenoxy) is 1. The summed E-state index contributed by atoms with van der Waals surface area (Å²) in [7, 11) is -3.71. The average Bonchev–Trinajstić information content (AvgIpc) is 3.29. The summed E-state index contributed by atoms with van der Waals surface area (Å²) in [4.78, 5) is 65.9. The molecule has 2 aromatic carbocycles. The Labute approximate surface area is 325 Å². The van der Waals surface area contributed by atoms with Gasteiger partial charge in [0.1, 0.15) is 18.4 Å². The van der Waals surface area contributed by atoms with Crippen molar-refractivity contribution in [2.45, 2.75) is 32.6 Å². The maximum Gasteiger partial charge on any atom is 0.349 e. The van der Waals surface area contributed by atoms with Crippen molar-refractivity contribution in [1.29, 1.82) is 5.26 Å². The Morgan fingerprint density at radius 3 is 2.06 bits per heavy atom. The van der Waals surface area contributed by atoms with Crippen LogP contribution in [-0.2, 0) is 39.4 Å². The SMILES string of the molecule is CCOC(=O)/C(Cl)=C/c1cc(N2C(=O)C3=C(CCCC3)C2=O)ccc1Cl.C[S+](C)C.N#Cc1cc(Br)c(O)c(Br)c1.O=C(O)CNCP(=O)([O-])O. The number of imide groups is 1. The molecule has 2 amide bonds. The van der Waals surface area contributed by atoms with Crippen molar-refractivity contribution in [3.05, 3.63) is 71.6 Å². The van der Waals surface area contributed by atoms with Gasteiger partial charge >= 0.3 is 11.9 Å². The van der Waals surface area contributed by atoms with Gasteiger partial charge in [0, 0.05) is 16.2 Å². The smallest absolute Gasteiger partial charge is 0.349 e. The molecule has 0 spiro atoms. The van der Waals surface area contributed by atoms with Crippen LogP contribution in [-0.4, -0.2) is 77.1 Å². The van der Waals surface area contributed by atoms with Gasteiger partial charge in [-0.25, -0.2) is 9.69 Å². The Kier molecular flexibility index (Phi) is 20.3. The molecule has 0 saturated heterocycles. The molecule has 278 valence electrons. The highest BCUT2D eigenvalue weighted by atomic mass is 79.9. The van der Waals surface area contributed by atoms with E-state index in [9.17, 15) is 33.7 Å². The zero-order valence-corrected chi connectivity index (χ0v) is 34.3. The third-order valence-corrected chi connectivity index (χ3v) is 8.55. The molecular formula is C32H36Br2Cl2N3O10PS.